The normalized spacial score (nSPS) is 19.9. The highest BCUT2D eigenvalue weighted by Gasteiger charge is 2.22. The lowest BCUT2D eigenvalue weighted by Crippen LogP contribution is -2.44. The highest BCUT2D eigenvalue weighted by atomic mass is 16.2. The second-order valence-corrected chi connectivity index (χ2v) is 6.39. The van der Waals surface area contributed by atoms with Gasteiger partial charge in [-0.3, -0.25) is 14.8 Å². The van der Waals surface area contributed by atoms with Crippen LogP contribution in [0.3, 0.4) is 0 Å². The zero-order valence-electron chi connectivity index (χ0n) is 14.5. The maximum Gasteiger partial charge on any atom is 0.249 e. The van der Waals surface area contributed by atoms with Crippen LogP contribution in [0, 0.1) is 0 Å². The number of piperazine rings is 1. The fourth-order valence-electron chi connectivity index (χ4n) is 3.27. The zero-order chi connectivity index (χ0) is 17.8. The van der Waals surface area contributed by atoms with Gasteiger partial charge in [0.2, 0.25) is 5.91 Å². The molecule has 1 fully saturated rings. The van der Waals surface area contributed by atoms with Crippen LogP contribution >= 0.6 is 0 Å². The Morgan fingerprint density at radius 3 is 2.96 bits per heavy atom. The van der Waals surface area contributed by atoms with Gasteiger partial charge >= 0.3 is 0 Å². The first kappa shape index (κ1) is 16.5. The van der Waals surface area contributed by atoms with E-state index in [0.29, 0.717) is 6.42 Å². The topological polar surface area (TPSA) is 85.4 Å². The second-order valence-electron chi connectivity index (χ2n) is 6.39. The molecule has 26 heavy (non-hydrogen) atoms. The Morgan fingerprint density at radius 1 is 1.27 bits per heavy atom. The molecule has 2 aromatic heterocycles. The molecule has 0 bridgehead atoms. The van der Waals surface area contributed by atoms with Gasteiger partial charge < -0.3 is 20.5 Å². The number of nitrogens with one attached hydrogen (secondary N) is 3. The van der Waals surface area contributed by atoms with E-state index < -0.39 is 6.04 Å². The van der Waals surface area contributed by atoms with Crippen molar-refractivity contribution in [3.8, 4) is 0 Å². The molecule has 0 aromatic carbocycles. The van der Waals surface area contributed by atoms with E-state index >= 15 is 0 Å². The van der Waals surface area contributed by atoms with Crippen LogP contribution in [0.5, 0.6) is 0 Å². The lowest BCUT2D eigenvalue weighted by molar-refractivity contribution is -0.117. The van der Waals surface area contributed by atoms with E-state index in [1.165, 1.54) is 0 Å². The number of hydrogen-bond acceptors (Lipinski definition) is 5. The van der Waals surface area contributed by atoms with Crippen LogP contribution in [0.25, 0.3) is 0 Å². The number of aromatic amines is 1. The number of H-pyrrole nitrogens is 1. The van der Waals surface area contributed by atoms with Crippen LogP contribution in [0.1, 0.15) is 12.0 Å². The average Bonchev–Trinajstić information content (AvgIpc) is 3.24. The monoisotopic (exact) mass is 350 g/mol. The van der Waals surface area contributed by atoms with Gasteiger partial charge in [-0.25, -0.2) is 0 Å². The molecule has 3 N–H and O–H groups in total. The van der Waals surface area contributed by atoms with Gasteiger partial charge in [0.25, 0.3) is 0 Å². The van der Waals surface area contributed by atoms with Gasteiger partial charge in [-0.2, -0.15) is 0 Å². The van der Waals surface area contributed by atoms with Gasteiger partial charge in [-0.1, -0.05) is 6.08 Å². The Kier molecular flexibility index (Phi) is 4.79. The van der Waals surface area contributed by atoms with Crippen molar-refractivity contribution in [3.63, 3.8) is 0 Å². The van der Waals surface area contributed by atoms with Crippen molar-refractivity contribution in [2.24, 2.45) is 4.99 Å². The predicted molar refractivity (Wildman–Crippen MR) is 103 cm³/mol. The number of amides is 1. The highest BCUT2D eigenvalue weighted by molar-refractivity contribution is 6.11. The van der Waals surface area contributed by atoms with Crippen molar-refractivity contribution in [1.29, 1.82) is 0 Å². The summed E-state index contributed by atoms with van der Waals surface area (Å²) in [5.74, 6) is -0.105. The lowest BCUT2D eigenvalue weighted by atomic mass is 10.1. The number of dihydropyridines is 1. The van der Waals surface area contributed by atoms with Gasteiger partial charge in [0.1, 0.15) is 6.04 Å². The van der Waals surface area contributed by atoms with Crippen molar-refractivity contribution in [2.75, 3.05) is 36.4 Å². The van der Waals surface area contributed by atoms with Gasteiger partial charge in [0.05, 0.1) is 23.3 Å². The summed E-state index contributed by atoms with van der Waals surface area (Å²) in [6.45, 7) is 3.70. The summed E-state index contributed by atoms with van der Waals surface area (Å²) in [6, 6.07) is 3.48. The molecular weight excluding hydrogens is 328 g/mol. The smallest absolute Gasteiger partial charge is 0.249 e. The van der Waals surface area contributed by atoms with E-state index in [2.05, 4.69) is 30.5 Å². The van der Waals surface area contributed by atoms with Crippen molar-refractivity contribution in [2.45, 2.75) is 12.5 Å². The Balaban J connectivity index is 1.51. The molecule has 2 aromatic rings. The number of carbonyl (C=O) groups excluding carboxylic acids is 1. The molecule has 0 aliphatic carbocycles. The number of nitrogens with zero attached hydrogens (tertiary/aromatic N) is 3. The second kappa shape index (κ2) is 7.53. The summed E-state index contributed by atoms with van der Waals surface area (Å²) in [7, 11) is 0. The first-order chi connectivity index (χ1) is 12.8. The molecule has 0 saturated carbocycles. The molecule has 4 rings (SSSR count). The van der Waals surface area contributed by atoms with E-state index in [4.69, 9.17) is 0 Å². The van der Waals surface area contributed by atoms with E-state index in [1.807, 2.05) is 36.7 Å². The summed E-state index contributed by atoms with van der Waals surface area (Å²) in [5, 5.41) is 6.37. The fourth-order valence-corrected chi connectivity index (χ4v) is 3.27. The molecule has 7 nitrogen and oxygen atoms in total. The molecule has 134 valence electrons. The van der Waals surface area contributed by atoms with Crippen molar-refractivity contribution < 1.29 is 4.79 Å². The van der Waals surface area contributed by atoms with E-state index in [0.717, 1.165) is 48.8 Å². The third-order valence-electron chi connectivity index (χ3n) is 4.64. The van der Waals surface area contributed by atoms with Crippen LogP contribution in [-0.2, 0) is 4.79 Å². The number of anilines is 2. The first-order valence-electron chi connectivity index (χ1n) is 8.89. The number of carbonyl (C=O) groups is 1. The number of aromatic nitrogens is 2. The van der Waals surface area contributed by atoms with Gasteiger partial charge in [0.15, 0.2) is 0 Å². The molecule has 2 aliphatic rings. The van der Waals surface area contributed by atoms with Gasteiger partial charge in [-0.05, 0) is 24.6 Å². The third-order valence-corrected chi connectivity index (χ3v) is 4.64. The van der Waals surface area contributed by atoms with Crippen LogP contribution in [-0.4, -0.2) is 53.8 Å². The van der Waals surface area contributed by atoms with Crippen LogP contribution in [0.4, 0.5) is 11.4 Å². The molecule has 1 amide bonds. The fraction of sp³-hybridized carbons (Fsp3) is 0.316. The minimum Gasteiger partial charge on any atom is -0.367 e. The zero-order valence-corrected chi connectivity index (χ0v) is 14.5. The maximum absolute atomic E-state index is 12.8. The minimum absolute atomic E-state index is 0.105. The molecule has 2 aliphatic heterocycles. The summed E-state index contributed by atoms with van der Waals surface area (Å²) in [5.41, 5.74) is 3.57. The van der Waals surface area contributed by atoms with Crippen LogP contribution in [0.15, 0.2) is 54.1 Å². The molecule has 4 heterocycles. The number of hydrogen-bond donors (Lipinski definition) is 3. The molecule has 0 radical (unpaired) electrons. The molecule has 0 spiro atoms. The largest absolute Gasteiger partial charge is 0.367 e. The number of allylic oxidation sites excluding steroid dienone is 1. The summed E-state index contributed by atoms with van der Waals surface area (Å²) >= 11 is 0. The Hall–Kier alpha value is -2.93. The molecular formula is C19H22N6O. The third kappa shape index (κ3) is 3.52. The highest BCUT2D eigenvalue weighted by Crippen LogP contribution is 2.25. The number of rotatable bonds is 4. The molecule has 1 unspecified atom stereocenters. The first-order valence-corrected chi connectivity index (χ1v) is 8.89. The lowest BCUT2D eigenvalue weighted by Gasteiger charge is -2.31. The van der Waals surface area contributed by atoms with Crippen LogP contribution < -0.4 is 15.5 Å². The summed E-state index contributed by atoms with van der Waals surface area (Å²) < 4.78 is 0. The molecule has 1 atom stereocenters. The van der Waals surface area contributed by atoms with Crippen LogP contribution in [0.2, 0.25) is 0 Å². The Morgan fingerprint density at radius 2 is 2.15 bits per heavy atom. The van der Waals surface area contributed by atoms with E-state index in [1.54, 1.807) is 12.4 Å². The predicted octanol–water partition coefficient (Wildman–Crippen LogP) is 1.58. The number of aliphatic imine (C=N–C) groups is 1. The SMILES string of the molecule is O=C(Nc1cnccc1N1CCNCC1)C1CC=CC(c2cc[nH]c2)=N1. The van der Waals surface area contributed by atoms with Crippen molar-refractivity contribution in [1.82, 2.24) is 15.3 Å². The minimum atomic E-state index is -0.430. The molecule has 7 heteroatoms. The summed E-state index contributed by atoms with van der Waals surface area (Å²) in [4.78, 5) is 26.9. The van der Waals surface area contributed by atoms with Crippen molar-refractivity contribution >= 4 is 23.0 Å². The van der Waals surface area contributed by atoms with Gasteiger partial charge in [-0.15, -0.1) is 0 Å². The maximum atomic E-state index is 12.8. The van der Waals surface area contributed by atoms with E-state index in [9.17, 15) is 4.79 Å². The summed E-state index contributed by atoms with van der Waals surface area (Å²) in [6.07, 6.45) is 11.8. The quantitative estimate of drug-likeness (QED) is 0.781. The van der Waals surface area contributed by atoms with Crippen molar-refractivity contribution in [3.05, 3.63) is 54.6 Å². The Bertz CT molecular complexity index is 820. The molecule has 1 saturated heterocycles. The van der Waals surface area contributed by atoms with Gasteiger partial charge in [0, 0.05) is 50.3 Å². The van der Waals surface area contributed by atoms with E-state index in [-0.39, 0.29) is 5.91 Å². The number of pyridine rings is 1. The standard InChI is InChI=1S/C19H22N6O/c26-19(16-3-1-2-15(23-16)14-4-6-21-12-14)24-17-13-22-7-5-18(17)25-10-8-20-9-11-25/h1-2,4-7,12-13,16,20-21H,3,8-11H2,(H,24,26). The Labute approximate surface area is 152 Å². The average molecular weight is 350 g/mol.